The van der Waals surface area contributed by atoms with Crippen LogP contribution >= 0.6 is 23.2 Å². The molecule has 0 aromatic heterocycles. The van der Waals surface area contributed by atoms with E-state index in [-0.39, 0.29) is 0 Å². The lowest BCUT2D eigenvalue weighted by molar-refractivity contribution is 0.173. The van der Waals surface area contributed by atoms with Gasteiger partial charge >= 0.3 is 0 Å². The highest BCUT2D eigenvalue weighted by Crippen LogP contribution is 2.22. The van der Waals surface area contributed by atoms with Gasteiger partial charge in [0.05, 0.1) is 0 Å². The van der Waals surface area contributed by atoms with E-state index >= 15 is 0 Å². The second-order valence-electron chi connectivity index (χ2n) is 3.96. The zero-order chi connectivity index (χ0) is 10.8. The molecule has 1 saturated heterocycles. The quantitative estimate of drug-likeness (QED) is 0.879. The van der Waals surface area contributed by atoms with Gasteiger partial charge in [-0.1, -0.05) is 23.2 Å². The van der Waals surface area contributed by atoms with Gasteiger partial charge in [0.2, 0.25) is 0 Å². The minimum Gasteiger partial charge on any atom is -0.314 e. The van der Waals surface area contributed by atoms with Crippen LogP contribution in [0.15, 0.2) is 18.2 Å². The van der Waals surface area contributed by atoms with E-state index in [0.29, 0.717) is 6.04 Å². The maximum Gasteiger partial charge on any atom is 0.0452 e. The average Bonchev–Trinajstić information content (AvgIpc) is 2.08. The summed E-state index contributed by atoms with van der Waals surface area (Å²) in [5.41, 5.74) is 1.10. The van der Waals surface area contributed by atoms with Crippen molar-refractivity contribution in [2.24, 2.45) is 0 Å². The predicted octanol–water partition coefficient (Wildman–Crippen LogP) is 2.40. The van der Waals surface area contributed by atoms with Crippen LogP contribution in [0.1, 0.15) is 5.56 Å². The number of nitrogens with one attached hydrogen (secondary N) is 1. The standard InChI is InChI=1S/C11H14Cl2N2/c1-15(10-5-14-6-10)7-8-4-9(12)2-3-11(8)13/h2-4,10,14H,5-7H2,1H3. The molecule has 4 heteroatoms. The third kappa shape index (κ3) is 2.64. The van der Waals surface area contributed by atoms with Gasteiger partial charge in [-0.05, 0) is 30.8 Å². The summed E-state index contributed by atoms with van der Waals surface area (Å²) in [4.78, 5) is 2.30. The van der Waals surface area contributed by atoms with Crippen molar-refractivity contribution in [3.05, 3.63) is 33.8 Å². The second-order valence-corrected chi connectivity index (χ2v) is 4.81. The Hall–Kier alpha value is -0.280. The van der Waals surface area contributed by atoms with Crippen molar-refractivity contribution in [3.8, 4) is 0 Å². The number of hydrogen-bond donors (Lipinski definition) is 1. The van der Waals surface area contributed by atoms with E-state index < -0.39 is 0 Å². The highest BCUT2D eigenvalue weighted by atomic mass is 35.5. The topological polar surface area (TPSA) is 15.3 Å². The van der Waals surface area contributed by atoms with Gasteiger partial charge < -0.3 is 5.32 Å². The van der Waals surface area contributed by atoms with Crippen molar-refractivity contribution < 1.29 is 0 Å². The molecule has 0 bridgehead atoms. The van der Waals surface area contributed by atoms with E-state index in [9.17, 15) is 0 Å². The predicted molar refractivity (Wildman–Crippen MR) is 64.6 cm³/mol. The summed E-state index contributed by atoms with van der Waals surface area (Å²) >= 11 is 12.0. The summed E-state index contributed by atoms with van der Waals surface area (Å²) < 4.78 is 0. The number of nitrogens with zero attached hydrogens (tertiary/aromatic N) is 1. The van der Waals surface area contributed by atoms with Gasteiger partial charge in [-0.2, -0.15) is 0 Å². The number of hydrogen-bond acceptors (Lipinski definition) is 2. The summed E-state index contributed by atoms with van der Waals surface area (Å²) in [6.07, 6.45) is 0. The van der Waals surface area contributed by atoms with Crippen LogP contribution in [0, 0.1) is 0 Å². The number of likely N-dealkylation sites (N-methyl/N-ethyl adjacent to an activating group) is 1. The molecule has 1 heterocycles. The van der Waals surface area contributed by atoms with Gasteiger partial charge in [-0.3, -0.25) is 4.90 Å². The van der Waals surface area contributed by atoms with E-state index in [0.717, 1.165) is 35.2 Å². The van der Waals surface area contributed by atoms with Crippen molar-refractivity contribution in [3.63, 3.8) is 0 Å². The minimum atomic E-state index is 0.625. The fourth-order valence-corrected chi connectivity index (χ4v) is 2.02. The van der Waals surface area contributed by atoms with Crippen molar-refractivity contribution in [2.45, 2.75) is 12.6 Å². The molecule has 1 aliphatic rings. The fraction of sp³-hybridized carbons (Fsp3) is 0.455. The molecule has 2 nitrogen and oxygen atoms in total. The van der Waals surface area contributed by atoms with Crippen molar-refractivity contribution >= 4 is 23.2 Å². The molecule has 1 aromatic rings. The summed E-state index contributed by atoms with van der Waals surface area (Å²) in [6.45, 7) is 2.98. The van der Waals surface area contributed by atoms with Gasteiger partial charge in [0.1, 0.15) is 0 Å². The molecule has 1 fully saturated rings. The lowest BCUT2D eigenvalue weighted by atomic mass is 10.1. The van der Waals surface area contributed by atoms with E-state index in [1.807, 2.05) is 18.2 Å². The zero-order valence-corrected chi connectivity index (χ0v) is 10.1. The van der Waals surface area contributed by atoms with Gasteiger partial charge in [0, 0.05) is 35.7 Å². The van der Waals surface area contributed by atoms with E-state index in [4.69, 9.17) is 23.2 Å². The van der Waals surface area contributed by atoms with E-state index in [2.05, 4.69) is 17.3 Å². The van der Waals surface area contributed by atoms with Crippen LogP contribution < -0.4 is 5.32 Å². The largest absolute Gasteiger partial charge is 0.314 e. The molecule has 15 heavy (non-hydrogen) atoms. The molecule has 0 amide bonds. The summed E-state index contributed by atoms with van der Waals surface area (Å²) in [5, 5.41) is 4.79. The molecule has 0 aliphatic carbocycles. The Morgan fingerprint density at radius 3 is 2.73 bits per heavy atom. The molecule has 82 valence electrons. The molecular weight excluding hydrogens is 231 g/mol. The summed E-state index contributed by atoms with van der Waals surface area (Å²) in [6, 6.07) is 6.23. The molecule has 0 spiro atoms. The zero-order valence-electron chi connectivity index (χ0n) is 8.63. The number of rotatable bonds is 3. The number of halogens is 2. The average molecular weight is 245 g/mol. The lowest BCUT2D eigenvalue weighted by Gasteiger charge is -2.35. The van der Waals surface area contributed by atoms with Crippen LogP contribution in [0.25, 0.3) is 0 Å². The Balaban J connectivity index is 2.05. The monoisotopic (exact) mass is 244 g/mol. The molecule has 1 N–H and O–H groups in total. The van der Waals surface area contributed by atoms with Crippen molar-refractivity contribution in [1.29, 1.82) is 0 Å². The molecule has 0 saturated carbocycles. The summed E-state index contributed by atoms with van der Waals surface area (Å²) in [5.74, 6) is 0. The van der Waals surface area contributed by atoms with Crippen LogP contribution in [-0.4, -0.2) is 31.1 Å². The first-order valence-electron chi connectivity index (χ1n) is 5.01. The Kier molecular flexibility index (Phi) is 3.52. The molecule has 1 aromatic carbocycles. The maximum atomic E-state index is 6.11. The minimum absolute atomic E-state index is 0.625. The van der Waals surface area contributed by atoms with E-state index in [1.165, 1.54) is 0 Å². The maximum absolute atomic E-state index is 6.11. The van der Waals surface area contributed by atoms with Gasteiger partial charge in [0.25, 0.3) is 0 Å². The van der Waals surface area contributed by atoms with Crippen LogP contribution in [-0.2, 0) is 6.54 Å². The highest BCUT2D eigenvalue weighted by Gasteiger charge is 2.21. The summed E-state index contributed by atoms with van der Waals surface area (Å²) in [7, 11) is 2.11. The third-order valence-corrected chi connectivity index (χ3v) is 3.41. The first kappa shape index (κ1) is 11.2. The Bertz CT molecular complexity index is 350. The number of benzene rings is 1. The van der Waals surface area contributed by atoms with Crippen LogP contribution in [0.4, 0.5) is 0 Å². The molecule has 0 radical (unpaired) electrons. The van der Waals surface area contributed by atoms with Gasteiger partial charge in [-0.15, -0.1) is 0 Å². The molecule has 1 aliphatic heterocycles. The fourth-order valence-electron chi connectivity index (χ4n) is 1.65. The van der Waals surface area contributed by atoms with Gasteiger partial charge in [-0.25, -0.2) is 0 Å². The lowest BCUT2D eigenvalue weighted by Crippen LogP contribution is -2.55. The Morgan fingerprint density at radius 2 is 2.13 bits per heavy atom. The molecule has 2 rings (SSSR count). The first-order chi connectivity index (χ1) is 7.16. The van der Waals surface area contributed by atoms with Crippen LogP contribution in [0.3, 0.4) is 0 Å². The normalized spacial score (nSPS) is 16.8. The highest BCUT2D eigenvalue weighted by molar-refractivity contribution is 6.33. The molecule has 0 atom stereocenters. The third-order valence-electron chi connectivity index (χ3n) is 2.81. The molecule has 0 unspecified atom stereocenters. The smallest absolute Gasteiger partial charge is 0.0452 e. The second kappa shape index (κ2) is 4.71. The van der Waals surface area contributed by atoms with Crippen molar-refractivity contribution in [2.75, 3.05) is 20.1 Å². The van der Waals surface area contributed by atoms with E-state index in [1.54, 1.807) is 0 Å². The first-order valence-corrected chi connectivity index (χ1v) is 5.77. The van der Waals surface area contributed by atoms with Crippen molar-refractivity contribution in [1.82, 2.24) is 10.2 Å². The Labute approximate surface area is 100 Å². The Morgan fingerprint density at radius 1 is 1.40 bits per heavy atom. The molecular formula is C11H14Cl2N2. The van der Waals surface area contributed by atoms with Crippen LogP contribution in [0.2, 0.25) is 10.0 Å². The van der Waals surface area contributed by atoms with Gasteiger partial charge in [0.15, 0.2) is 0 Å². The SMILES string of the molecule is CN(Cc1cc(Cl)ccc1Cl)C1CNC1. The van der Waals surface area contributed by atoms with Crippen LogP contribution in [0.5, 0.6) is 0 Å².